The fourth-order valence-corrected chi connectivity index (χ4v) is 5.83. The number of nitrogens with zero attached hydrogens (tertiary/aromatic N) is 3. The van der Waals surface area contributed by atoms with Crippen molar-refractivity contribution in [1.29, 1.82) is 5.26 Å². The lowest BCUT2D eigenvalue weighted by molar-refractivity contribution is -0.142. The van der Waals surface area contributed by atoms with Gasteiger partial charge in [0.25, 0.3) is 11.5 Å². The minimum Gasteiger partial charge on any atom is -0.449 e. The normalized spacial score (nSPS) is 14.4. The number of carbonyl (C=O) groups excluding carboxylic acids is 1. The van der Waals surface area contributed by atoms with E-state index < -0.39 is 64.8 Å². The van der Waals surface area contributed by atoms with Gasteiger partial charge in [-0.15, -0.1) is 0 Å². The Labute approximate surface area is 199 Å². The molecule has 0 unspecified atom stereocenters. The second kappa shape index (κ2) is 9.23. The number of hydrogen-bond donors (Lipinski definition) is 1. The summed E-state index contributed by atoms with van der Waals surface area (Å²) in [5.41, 5.74) is -2.81. The number of alkyl halides is 3. The van der Waals surface area contributed by atoms with Crippen molar-refractivity contribution in [2.75, 3.05) is 6.26 Å². The molecule has 2 heterocycles. The van der Waals surface area contributed by atoms with Gasteiger partial charge in [-0.2, -0.15) is 18.4 Å². The molecule has 0 spiro atoms. The van der Waals surface area contributed by atoms with Gasteiger partial charge in [0.15, 0.2) is 15.5 Å². The number of benzene rings is 1. The third-order valence-electron chi connectivity index (χ3n) is 3.97. The highest BCUT2D eigenvalue weighted by atomic mass is 127. The third-order valence-corrected chi connectivity index (χ3v) is 7.40. The Hall–Kier alpha value is -2.77. The Morgan fingerprint density at radius 1 is 1.30 bits per heavy atom. The third kappa shape index (κ3) is 5.78. The SMILES string of the molecule is CS(=O)(=O)C1=CC(Cn2cnc(C(F)(F)F)c(Oc3cc(Cl)cc(C#N)c3)c2=O)=INC1=O. The highest BCUT2D eigenvalue weighted by Crippen LogP contribution is 2.35. The van der Waals surface area contributed by atoms with Crippen LogP contribution < -0.4 is 13.8 Å². The van der Waals surface area contributed by atoms with Crippen LogP contribution in [0.3, 0.4) is 0 Å². The van der Waals surface area contributed by atoms with Gasteiger partial charge in [-0.25, -0.2) is 13.4 Å². The number of carbonyl (C=O) groups is 1. The summed E-state index contributed by atoms with van der Waals surface area (Å²) in [6.07, 6.45) is -2.45. The van der Waals surface area contributed by atoms with Crippen molar-refractivity contribution in [3.05, 3.63) is 62.1 Å². The minimum atomic E-state index is -5.04. The molecule has 15 heteroatoms. The average Bonchev–Trinajstić information content (AvgIpc) is 2.70. The van der Waals surface area contributed by atoms with Gasteiger partial charge in [0, 0.05) is 35.8 Å². The van der Waals surface area contributed by atoms with Crippen LogP contribution in [0.2, 0.25) is 5.02 Å². The lowest BCUT2D eigenvalue weighted by Gasteiger charge is -2.16. The summed E-state index contributed by atoms with van der Waals surface area (Å²) in [4.78, 5) is 27.5. The van der Waals surface area contributed by atoms with Crippen molar-refractivity contribution >= 4 is 51.9 Å². The summed E-state index contributed by atoms with van der Waals surface area (Å²) in [6.45, 7) is -0.327. The molecule has 0 saturated carbocycles. The molecular weight excluding hydrogens is 604 g/mol. The van der Waals surface area contributed by atoms with E-state index in [4.69, 9.17) is 21.6 Å². The Balaban J connectivity index is 2.07. The molecule has 1 aliphatic rings. The molecule has 0 radical (unpaired) electrons. The first-order chi connectivity index (χ1) is 15.3. The number of sulfone groups is 1. The second-order valence-electron chi connectivity index (χ2n) is 6.49. The molecule has 1 amide bonds. The second-order valence-corrected chi connectivity index (χ2v) is 11.4. The van der Waals surface area contributed by atoms with Crippen LogP contribution in [0, 0.1) is 11.3 Å². The van der Waals surface area contributed by atoms with Gasteiger partial charge >= 0.3 is 6.18 Å². The van der Waals surface area contributed by atoms with E-state index in [0.717, 1.165) is 29.0 Å². The number of halogens is 5. The Kier molecular flexibility index (Phi) is 6.96. The number of rotatable bonds is 5. The van der Waals surface area contributed by atoms with Gasteiger partial charge in [-0.1, -0.05) is 11.6 Å². The van der Waals surface area contributed by atoms with E-state index in [1.807, 2.05) is 0 Å². The number of ether oxygens (including phenoxy) is 1. The van der Waals surface area contributed by atoms with E-state index in [1.165, 1.54) is 6.07 Å². The molecule has 33 heavy (non-hydrogen) atoms. The van der Waals surface area contributed by atoms with Crippen LogP contribution in [0.5, 0.6) is 11.5 Å². The van der Waals surface area contributed by atoms with Crippen molar-refractivity contribution < 1.29 is 31.1 Å². The largest absolute Gasteiger partial charge is 0.449 e. The van der Waals surface area contributed by atoms with Crippen molar-refractivity contribution in [2.24, 2.45) is 0 Å². The first-order valence-corrected chi connectivity index (χ1v) is 13.0. The van der Waals surface area contributed by atoms with Crippen LogP contribution in [0.15, 0.2) is 40.3 Å². The zero-order valence-corrected chi connectivity index (χ0v) is 20.0. The summed E-state index contributed by atoms with van der Waals surface area (Å²) in [7, 11) is -3.87. The molecule has 0 fully saturated rings. The Morgan fingerprint density at radius 2 is 2.00 bits per heavy atom. The number of amides is 1. The first kappa shape index (κ1) is 24.9. The molecule has 0 bridgehead atoms. The molecule has 1 N–H and O–H groups in total. The Morgan fingerprint density at radius 3 is 2.61 bits per heavy atom. The van der Waals surface area contributed by atoms with Crippen LogP contribution in [0.25, 0.3) is 0 Å². The van der Waals surface area contributed by atoms with E-state index >= 15 is 0 Å². The molecule has 0 saturated heterocycles. The lowest BCUT2D eigenvalue weighted by Crippen LogP contribution is -2.31. The van der Waals surface area contributed by atoms with Gasteiger partial charge in [0.2, 0.25) is 5.75 Å². The molecule has 0 atom stereocenters. The van der Waals surface area contributed by atoms with Gasteiger partial charge in [0.05, 0.1) is 24.5 Å². The van der Waals surface area contributed by atoms with Gasteiger partial charge in [0.1, 0.15) is 10.7 Å². The smallest absolute Gasteiger partial charge is 0.437 e. The van der Waals surface area contributed by atoms with E-state index in [9.17, 15) is 31.2 Å². The number of hydrogen-bond acceptors (Lipinski definition) is 7. The minimum absolute atomic E-state index is 0.00137. The molecular formula is C18H11ClF3IN4O5S. The van der Waals surface area contributed by atoms with Crippen LogP contribution >= 0.6 is 32.6 Å². The highest BCUT2D eigenvalue weighted by molar-refractivity contribution is 14.2. The predicted molar refractivity (Wildman–Crippen MR) is 120 cm³/mol. The van der Waals surface area contributed by atoms with Crippen LogP contribution in [-0.4, -0.2) is 33.6 Å². The first-order valence-electron chi connectivity index (χ1n) is 8.56. The molecule has 0 aliphatic carbocycles. The average molecular weight is 615 g/mol. The topological polar surface area (TPSA) is 131 Å². The summed E-state index contributed by atoms with van der Waals surface area (Å²) in [5, 5.41) is 9.01. The van der Waals surface area contributed by atoms with Crippen molar-refractivity contribution in [1.82, 2.24) is 13.1 Å². The maximum Gasteiger partial charge on any atom is 0.437 e. The van der Waals surface area contributed by atoms with E-state index in [2.05, 4.69) is 8.51 Å². The molecule has 174 valence electrons. The highest BCUT2D eigenvalue weighted by Gasteiger charge is 2.39. The maximum absolute atomic E-state index is 13.5. The molecule has 1 aromatic carbocycles. The number of nitriles is 1. The summed E-state index contributed by atoms with van der Waals surface area (Å²) in [5.74, 6) is -2.22. The van der Waals surface area contributed by atoms with Crippen LogP contribution in [0.4, 0.5) is 13.2 Å². The van der Waals surface area contributed by atoms with Gasteiger partial charge < -0.3 is 4.74 Å². The quantitative estimate of drug-likeness (QED) is 0.405. The van der Waals surface area contributed by atoms with Gasteiger partial charge in [-0.3, -0.25) is 17.7 Å². The van der Waals surface area contributed by atoms with E-state index in [1.54, 1.807) is 6.07 Å². The fourth-order valence-electron chi connectivity index (χ4n) is 2.58. The molecule has 3 rings (SSSR count). The predicted octanol–water partition coefficient (Wildman–Crippen LogP) is 2.70. The monoisotopic (exact) mass is 614 g/mol. The van der Waals surface area contributed by atoms with Gasteiger partial charge in [-0.05, 0) is 24.3 Å². The maximum atomic E-state index is 13.5. The van der Waals surface area contributed by atoms with Crippen molar-refractivity contribution in [2.45, 2.75) is 12.7 Å². The van der Waals surface area contributed by atoms with Crippen LogP contribution in [-0.2, 0) is 27.4 Å². The van der Waals surface area contributed by atoms with E-state index in [0.29, 0.717) is 9.84 Å². The molecule has 1 aliphatic heterocycles. The Bertz CT molecular complexity index is 1430. The van der Waals surface area contributed by atoms with Crippen LogP contribution in [0.1, 0.15) is 11.3 Å². The zero-order valence-electron chi connectivity index (χ0n) is 16.3. The van der Waals surface area contributed by atoms with Crippen molar-refractivity contribution in [3.63, 3.8) is 0 Å². The molecule has 1 aromatic heterocycles. The van der Waals surface area contributed by atoms with E-state index in [-0.39, 0.29) is 22.9 Å². The molecule has 9 nitrogen and oxygen atoms in total. The fraction of sp³-hybridized carbons (Fsp3) is 0.167. The molecule has 2 aromatic rings. The standard InChI is InChI=1S/C18H11ClF3IN4O5S/c1-33(30,31)13-5-11(23-26-16(13)28)7-27-8-25-15(18(20,21)22)14(17(27)29)32-12-3-9(6-24)2-10(19)4-12/h2-5,8H,7H2,1H3,(H,26,28). The number of allylic oxidation sites excluding steroid dienone is 1. The summed E-state index contributed by atoms with van der Waals surface area (Å²) < 4.78 is 72.7. The number of nitrogens with one attached hydrogen (secondary N) is 1. The number of aromatic nitrogens is 2. The zero-order chi connectivity index (χ0) is 24.6. The van der Waals surface area contributed by atoms with Crippen molar-refractivity contribution in [3.8, 4) is 17.6 Å². The lowest BCUT2D eigenvalue weighted by atomic mass is 10.2. The summed E-state index contributed by atoms with van der Waals surface area (Å²) in [6, 6.07) is 5.24. The summed E-state index contributed by atoms with van der Waals surface area (Å²) >= 11 is 4.61.